The van der Waals surface area contributed by atoms with Gasteiger partial charge >= 0.3 is 6.09 Å². The first-order valence-electron chi connectivity index (χ1n) is 8.51. The van der Waals surface area contributed by atoms with Crippen LogP contribution in [0.3, 0.4) is 0 Å². The summed E-state index contributed by atoms with van der Waals surface area (Å²) in [6.45, 7) is 7.64. The molecule has 1 saturated heterocycles. The van der Waals surface area contributed by atoms with Crippen molar-refractivity contribution in [2.24, 2.45) is 0 Å². The molecule has 1 fully saturated rings. The molecule has 0 aliphatic carbocycles. The normalized spacial score (nSPS) is 22.8. The van der Waals surface area contributed by atoms with Crippen molar-refractivity contribution in [2.45, 2.75) is 64.6 Å². The summed E-state index contributed by atoms with van der Waals surface area (Å²) < 4.78 is 5.57. The first-order valence-corrected chi connectivity index (χ1v) is 8.51. The minimum Gasteiger partial charge on any atom is -0.444 e. The van der Waals surface area contributed by atoms with E-state index in [-0.39, 0.29) is 18.2 Å². The van der Waals surface area contributed by atoms with E-state index < -0.39 is 5.60 Å². The minimum absolute atomic E-state index is 0.0976. The van der Waals surface area contributed by atoms with Gasteiger partial charge in [0.1, 0.15) is 5.60 Å². The summed E-state index contributed by atoms with van der Waals surface area (Å²) in [5, 5.41) is 9.24. The van der Waals surface area contributed by atoms with Crippen molar-refractivity contribution in [2.75, 3.05) is 0 Å². The molecule has 0 radical (unpaired) electrons. The van der Waals surface area contributed by atoms with Crippen LogP contribution >= 0.6 is 0 Å². The van der Waals surface area contributed by atoms with Crippen LogP contribution in [0.4, 0.5) is 4.79 Å². The molecule has 2 unspecified atom stereocenters. The topological polar surface area (TPSA) is 53.3 Å². The Labute approximate surface area is 143 Å². The zero-order valence-electron chi connectivity index (χ0n) is 14.8. The monoisotopic (exact) mass is 324 g/mol. The highest BCUT2D eigenvalue weighted by atomic mass is 16.6. The number of nitriles is 1. The van der Waals surface area contributed by atoms with E-state index in [4.69, 9.17) is 4.74 Å². The molecule has 4 heteroatoms. The number of rotatable bonds is 1. The molecule has 1 amide bonds. The maximum atomic E-state index is 12.5. The van der Waals surface area contributed by atoms with Crippen molar-refractivity contribution in [3.63, 3.8) is 0 Å². The lowest BCUT2D eigenvalue weighted by Crippen LogP contribution is -2.45. The largest absolute Gasteiger partial charge is 0.444 e. The third-order valence-electron chi connectivity index (χ3n) is 4.73. The van der Waals surface area contributed by atoms with Crippen molar-refractivity contribution >= 4 is 11.7 Å². The van der Waals surface area contributed by atoms with Gasteiger partial charge in [-0.2, -0.15) is 5.26 Å². The zero-order valence-corrected chi connectivity index (χ0v) is 14.8. The second-order valence-corrected chi connectivity index (χ2v) is 7.72. The number of carbonyl (C=O) groups is 1. The van der Waals surface area contributed by atoms with Gasteiger partial charge in [0.05, 0.1) is 17.7 Å². The molecular weight excluding hydrogens is 300 g/mol. The number of amides is 1. The van der Waals surface area contributed by atoms with Crippen LogP contribution in [-0.2, 0) is 4.74 Å². The zero-order chi connectivity index (χ0) is 17.5. The van der Waals surface area contributed by atoms with Crippen LogP contribution < -0.4 is 0 Å². The number of hydrogen-bond donors (Lipinski definition) is 0. The number of benzene rings is 1. The predicted octanol–water partition coefficient (Wildman–Crippen LogP) is 4.42. The maximum absolute atomic E-state index is 12.5. The second-order valence-electron chi connectivity index (χ2n) is 7.72. The molecule has 0 spiro atoms. The Morgan fingerprint density at radius 1 is 1.33 bits per heavy atom. The SMILES string of the molecule is Cc1ccc(C2=CC3CCC(C2)N3C(=O)OC(C)(C)C)cc1C#N. The average Bonchev–Trinajstić information content (AvgIpc) is 2.77. The van der Waals surface area contributed by atoms with Crippen molar-refractivity contribution < 1.29 is 9.53 Å². The molecule has 2 atom stereocenters. The molecule has 2 bridgehead atoms. The van der Waals surface area contributed by atoms with E-state index in [1.165, 1.54) is 5.57 Å². The number of carbonyl (C=O) groups excluding carboxylic acids is 1. The molecule has 126 valence electrons. The van der Waals surface area contributed by atoms with Crippen LogP contribution in [0.15, 0.2) is 24.3 Å². The van der Waals surface area contributed by atoms with Gasteiger partial charge in [0.15, 0.2) is 0 Å². The van der Waals surface area contributed by atoms with E-state index in [1.54, 1.807) is 0 Å². The highest BCUT2D eigenvalue weighted by molar-refractivity contribution is 5.75. The van der Waals surface area contributed by atoms with Gasteiger partial charge in [0, 0.05) is 6.04 Å². The van der Waals surface area contributed by atoms with E-state index in [0.717, 1.165) is 36.0 Å². The summed E-state index contributed by atoms with van der Waals surface area (Å²) >= 11 is 0. The Balaban J connectivity index is 1.85. The van der Waals surface area contributed by atoms with Crippen molar-refractivity contribution in [1.29, 1.82) is 5.26 Å². The molecule has 1 aromatic carbocycles. The van der Waals surface area contributed by atoms with Crippen LogP contribution in [0.25, 0.3) is 5.57 Å². The lowest BCUT2D eigenvalue weighted by Gasteiger charge is -2.35. The van der Waals surface area contributed by atoms with Gasteiger partial charge in [0.2, 0.25) is 0 Å². The van der Waals surface area contributed by atoms with E-state index in [0.29, 0.717) is 0 Å². The molecule has 2 heterocycles. The van der Waals surface area contributed by atoms with E-state index >= 15 is 0 Å². The molecule has 2 aliphatic rings. The number of ether oxygens (including phenoxy) is 1. The molecule has 0 N–H and O–H groups in total. The van der Waals surface area contributed by atoms with E-state index in [9.17, 15) is 10.1 Å². The number of nitrogens with zero attached hydrogens (tertiary/aromatic N) is 2. The van der Waals surface area contributed by atoms with Crippen LogP contribution in [0.1, 0.15) is 56.7 Å². The van der Waals surface area contributed by atoms with E-state index in [2.05, 4.69) is 18.2 Å². The molecule has 0 aromatic heterocycles. The van der Waals surface area contributed by atoms with Gasteiger partial charge < -0.3 is 4.74 Å². The molecule has 24 heavy (non-hydrogen) atoms. The maximum Gasteiger partial charge on any atom is 0.411 e. The lowest BCUT2D eigenvalue weighted by atomic mass is 9.93. The van der Waals surface area contributed by atoms with Crippen LogP contribution in [0, 0.1) is 18.3 Å². The summed E-state index contributed by atoms with van der Waals surface area (Å²) in [4.78, 5) is 14.4. The highest BCUT2D eigenvalue weighted by Gasteiger charge is 2.41. The van der Waals surface area contributed by atoms with Gasteiger partial charge in [-0.05, 0) is 69.7 Å². The third-order valence-corrected chi connectivity index (χ3v) is 4.73. The third kappa shape index (κ3) is 3.17. The second kappa shape index (κ2) is 5.98. The standard InChI is InChI=1S/C20H24N2O2/c1-13-5-6-14(9-16(13)12-21)15-10-17-7-8-18(11-15)22(17)19(23)24-20(2,3)4/h5-6,9-10,17-18H,7-8,11H2,1-4H3. The Morgan fingerprint density at radius 2 is 2.08 bits per heavy atom. The Bertz CT molecular complexity index is 737. The summed E-state index contributed by atoms with van der Waals surface area (Å²) in [6, 6.07) is 8.58. The van der Waals surface area contributed by atoms with Gasteiger partial charge in [-0.3, -0.25) is 4.90 Å². The summed E-state index contributed by atoms with van der Waals surface area (Å²) in [6.07, 6.45) is 4.76. The van der Waals surface area contributed by atoms with Crippen LogP contribution in [0.2, 0.25) is 0 Å². The first kappa shape index (κ1) is 16.6. The Hall–Kier alpha value is -2.28. The quantitative estimate of drug-likeness (QED) is 0.768. The molecular formula is C20H24N2O2. The number of hydrogen-bond acceptors (Lipinski definition) is 3. The molecule has 2 aliphatic heterocycles. The molecule has 1 aromatic rings. The number of aryl methyl sites for hydroxylation is 1. The first-order chi connectivity index (χ1) is 11.3. The van der Waals surface area contributed by atoms with Gasteiger partial charge in [-0.1, -0.05) is 18.2 Å². The van der Waals surface area contributed by atoms with E-state index in [1.807, 2.05) is 44.7 Å². The molecule has 3 rings (SSSR count). The van der Waals surface area contributed by atoms with Crippen molar-refractivity contribution in [1.82, 2.24) is 4.90 Å². The fourth-order valence-corrected chi connectivity index (χ4v) is 3.59. The highest BCUT2D eigenvalue weighted by Crippen LogP contribution is 2.39. The fraction of sp³-hybridized carbons (Fsp3) is 0.500. The number of fused-ring (bicyclic) bond motifs is 2. The van der Waals surface area contributed by atoms with Crippen LogP contribution in [0.5, 0.6) is 0 Å². The van der Waals surface area contributed by atoms with Crippen molar-refractivity contribution in [3.05, 3.63) is 41.0 Å². The Kier molecular flexibility index (Phi) is 4.13. The predicted molar refractivity (Wildman–Crippen MR) is 93.4 cm³/mol. The van der Waals surface area contributed by atoms with Gasteiger partial charge in [0.25, 0.3) is 0 Å². The lowest BCUT2D eigenvalue weighted by molar-refractivity contribution is 0.0175. The summed E-state index contributed by atoms with van der Waals surface area (Å²) in [5.41, 5.74) is 3.57. The summed E-state index contributed by atoms with van der Waals surface area (Å²) in [5.74, 6) is 0. The molecule has 4 nitrogen and oxygen atoms in total. The van der Waals surface area contributed by atoms with Crippen LogP contribution in [-0.4, -0.2) is 28.7 Å². The Morgan fingerprint density at radius 3 is 2.71 bits per heavy atom. The smallest absolute Gasteiger partial charge is 0.411 e. The van der Waals surface area contributed by atoms with Crippen molar-refractivity contribution in [3.8, 4) is 6.07 Å². The average molecular weight is 324 g/mol. The fourth-order valence-electron chi connectivity index (χ4n) is 3.59. The minimum atomic E-state index is -0.473. The molecule has 0 saturated carbocycles. The van der Waals surface area contributed by atoms with Gasteiger partial charge in [-0.15, -0.1) is 0 Å². The summed E-state index contributed by atoms with van der Waals surface area (Å²) in [7, 11) is 0. The van der Waals surface area contributed by atoms with Gasteiger partial charge in [-0.25, -0.2) is 4.79 Å².